The zero-order valence-corrected chi connectivity index (χ0v) is 11.6. The van der Waals surface area contributed by atoms with Crippen LogP contribution in [0.4, 0.5) is 0 Å². The molecule has 1 aliphatic carbocycles. The molecule has 2 heterocycles. The summed E-state index contributed by atoms with van der Waals surface area (Å²) in [5.74, 6) is -0.424. The number of ether oxygens (including phenoxy) is 1. The maximum atomic E-state index is 11.7. The predicted molar refractivity (Wildman–Crippen MR) is 70.3 cm³/mol. The zero-order chi connectivity index (χ0) is 14.1. The van der Waals surface area contributed by atoms with Crippen molar-refractivity contribution >= 4 is 5.97 Å². The van der Waals surface area contributed by atoms with Crippen LogP contribution in [0.25, 0.3) is 0 Å². The van der Waals surface area contributed by atoms with Crippen LogP contribution in [-0.2, 0) is 11.3 Å². The fourth-order valence-electron chi connectivity index (χ4n) is 2.19. The number of carbonyl (C=O) groups excluding carboxylic acids is 1. The molecule has 0 spiro atoms. The summed E-state index contributed by atoms with van der Waals surface area (Å²) < 4.78 is 8.84. The number of carbonyl (C=O) groups is 1. The highest BCUT2D eigenvalue weighted by atomic mass is 16.5. The summed E-state index contributed by atoms with van der Waals surface area (Å²) in [6.45, 7) is 4.49. The van der Waals surface area contributed by atoms with E-state index in [0.29, 0.717) is 24.9 Å². The van der Waals surface area contributed by atoms with E-state index in [1.807, 2.05) is 19.4 Å². The summed E-state index contributed by atoms with van der Waals surface area (Å²) in [5.41, 5.74) is 2.08. The molecule has 2 aromatic rings. The zero-order valence-electron chi connectivity index (χ0n) is 11.6. The Balaban J connectivity index is 1.81. The third-order valence-corrected chi connectivity index (χ3v) is 3.45. The van der Waals surface area contributed by atoms with Gasteiger partial charge in [0.1, 0.15) is 0 Å². The predicted octanol–water partition coefficient (Wildman–Crippen LogP) is 1.34. The molecule has 0 bridgehead atoms. The Labute approximate surface area is 116 Å². The van der Waals surface area contributed by atoms with Gasteiger partial charge in [-0.3, -0.25) is 0 Å². The van der Waals surface area contributed by atoms with Gasteiger partial charge in [0.15, 0.2) is 5.69 Å². The van der Waals surface area contributed by atoms with Gasteiger partial charge in [0.25, 0.3) is 0 Å². The third-order valence-electron chi connectivity index (χ3n) is 3.45. The number of nitrogens with zero attached hydrogens (tertiary/aromatic N) is 5. The molecule has 106 valence electrons. The van der Waals surface area contributed by atoms with Crippen molar-refractivity contribution in [3.63, 3.8) is 0 Å². The lowest BCUT2D eigenvalue weighted by molar-refractivity contribution is 0.0518. The molecule has 2 aromatic heterocycles. The second-order valence-corrected chi connectivity index (χ2v) is 4.93. The molecular weight excluding hydrogens is 258 g/mol. The maximum Gasteiger partial charge on any atom is 0.360 e. The highest BCUT2D eigenvalue weighted by Crippen LogP contribution is 2.35. The van der Waals surface area contributed by atoms with Gasteiger partial charge in [-0.2, -0.15) is 0 Å². The first-order valence-corrected chi connectivity index (χ1v) is 6.78. The molecule has 7 heteroatoms. The van der Waals surface area contributed by atoms with E-state index < -0.39 is 5.97 Å². The second-order valence-electron chi connectivity index (χ2n) is 4.93. The second kappa shape index (κ2) is 5.07. The summed E-state index contributed by atoms with van der Waals surface area (Å²) in [6, 6.07) is 0.570. The Morgan fingerprint density at radius 2 is 2.30 bits per heavy atom. The summed E-state index contributed by atoms with van der Waals surface area (Å²) in [6.07, 6.45) is 6.09. The van der Waals surface area contributed by atoms with Crippen LogP contribution < -0.4 is 0 Å². The molecule has 0 atom stereocenters. The van der Waals surface area contributed by atoms with E-state index >= 15 is 0 Å². The number of hydrogen-bond acceptors (Lipinski definition) is 5. The number of imidazole rings is 1. The van der Waals surface area contributed by atoms with Gasteiger partial charge in [-0.05, 0) is 26.7 Å². The van der Waals surface area contributed by atoms with Gasteiger partial charge in [-0.25, -0.2) is 14.5 Å². The van der Waals surface area contributed by atoms with E-state index in [1.165, 1.54) is 12.8 Å². The number of rotatable bonds is 5. The molecule has 1 fully saturated rings. The van der Waals surface area contributed by atoms with E-state index in [1.54, 1.807) is 11.6 Å². The average molecular weight is 275 g/mol. The van der Waals surface area contributed by atoms with Crippen LogP contribution in [0.5, 0.6) is 0 Å². The van der Waals surface area contributed by atoms with Gasteiger partial charge in [0.05, 0.1) is 37.1 Å². The van der Waals surface area contributed by atoms with Gasteiger partial charge >= 0.3 is 5.97 Å². The topological polar surface area (TPSA) is 74.8 Å². The Hall–Kier alpha value is -2.18. The highest BCUT2D eigenvalue weighted by molar-refractivity contribution is 5.88. The Kier molecular flexibility index (Phi) is 3.25. The van der Waals surface area contributed by atoms with Crippen molar-refractivity contribution < 1.29 is 9.53 Å². The van der Waals surface area contributed by atoms with E-state index in [0.717, 1.165) is 5.69 Å². The molecule has 0 amide bonds. The molecule has 0 aromatic carbocycles. The normalized spacial score (nSPS) is 14.5. The molecule has 20 heavy (non-hydrogen) atoms. The van der Waals surface area contributed by atoms with Gasteiger partial charge in [0, 0.05) is 6.04 Å². The van der Waals surface area contributed by atoms with Crippen LogP contribution in [0.3, 0.4) is 0 Å². The molecule has 0 aliphatic heterocycles. The largest absolute Gasteiger partial charge is 0.461 e. The minimum atomic E-state index is -0.424. The Bertz CT molecular complexity index is 626. The van der Waals surface area contributed by atoms with Crippen molar-refractivity contribution in [2.24, 2.45) is 0 Å². The van der Waals surface area contributed by atoms with Gasteiger partial charge in [-0.15, -0.1) is 5.10 Å². The number of hydrogen-bond donors (Lipinski definition) is 0. The first-order valence-electron chi connectivity index (χ1n) is 6.78. The first kappa shape index (κ1) is 12.8. The Morgan fingerprint density at radius 3 is 3.00 bits per heavy atom. The van der Waals surface area contributed by atoms with Gasteiger partial charge in [0.2, 0.25) is 0 Å². The SMILES string of the molecule is CCOC(=O)c1nnn(Cc2cncn2C2CC2)c1C. The molecule has 0 saturated heterocycles. The number of esters is 1. The summed E-state index contributed by atoms with van der Waals surface area (Å²) in [5, 5.41) is 7.95. The van der Waals surface area contributed by atoms with E-state index in [2.05, 4.69) is 19.9 Å². The molecule has 0 unspecified atom stereocenters. The molecule has 3 rings (SSSR count). The van der Waals surface area contributed by atoms with Crippen LogP contribution in [0, 0.1) is 6.92 Å². The number of aromatic nitrogens is 5. The fourth-order valence-corrected chi connectivity index (χ4v) is 2.19. The monoisotopic (exact) mass is 275 g/mol. The molecular formula is C13H17N5O2. The van der Waals surface area contributed by atoms with Crippen molar-refractivity contribution in [2.75, 3.05) is 6.61 Å². The standard InChI is InChI=1S/C13H17N5O2/c1-3-20-13(19)12-9(2)18(16-15-12)7-11-6-14-8-17(11)10-4-5-10/h6,8,10H,3-5,7H2,1-2H3. The molecule has 1 saturated carbocycles. The molecule has 1 aliphatic rings. The lowest BCUT2D eigenvalue weighted by Crippen LogP contribution is -2.10. The molecule has 7 nitrogen and oxygen atoms in total. The van der Waals surface area contributed by atoms with Crippen molar-refractivity contribution in [3.8, 4) is 0 Å². The average Bonchev–Trinajstić information content (AvgIpc) is 3.07. The minimum absolute atomic E-state index is 0.282. The van der Waals surface area contributed by atoms with Crippen molar-refractivity contribution in [1.82, 2.24) is 24.5 Å². The lowest BCUT2D eigenvalue weighted by Gasteiger charge is -2.07. The molecule has 0 N–H and O–H groups in total. The van der Waals surface area contributed by atoms with Crippen molar-refractivity contribution in [2.45, 2.75) is 39.3 Å². The quantitative estimate of drug-likeness (QED) is 0.770. The third kappa shape index (κ3) is 2.31. The Morgan fingerprint density at radius 1 is 1.50 bits per heavy atom. The fraction of sp³-hybridized carbons (Fsp3) is 0.538. The van der Waals surface area contributed by atoms with Gasteiger partial charge < -0.3 is 9.30 Å². The van der Waals surface area contributed by atoms with Crippen LogP contribution in [0.15, 0.2) is 12.5 Å². The highest BCUT2D eigenvalue weighted by Gasteiger charge is 2.26. The van der Waals surface area contributed by atoms with Crippen LogP contribution in [-0.4, -0.2) is 37.1 Å². The van der Waals surface area contributed by atoms with Crippen LogP contribution in [0.2, 0.25) is 0 Å². The van der Waals surface area contributed by atoms with E-state index in [-0.39, 0.29) is 5.69 Å². The van der Waals surface area contributed by atoms with E-state index in [9.17, 15) is 4.79 Å². The smallest absolute Gasteiger partial charge is 0.360 e. The van der Waals surface area contributed by atoms with Crippen molar-refractivity contribution in [1.29, 1.82) is 0 Å². The molecule has 0 radical (unpaired) electrons. The minimum Gasteiger partial charge on any atom is -0.461 e. The lowest BCUT2D eigenvalue weighted by atomic mass is 10.3. The van der Waals surface area contributed by atoms with Gasteiger partial charge in [-0.1, -0.05) is 5.21 Å². The first-order chi connectivity index (χ1) is 9.70. The maximum absolute atomic E-state index is 11.7. The van der Waals surface area contributed by atoms with Crippen LogP contribution >= 0.6 is 0 Å². The van der Waals surface area contributed by atoms with Crippen LogP contribution in [0.1, 0.15) is 47.7 Å². The summed E-state index contributed by atoms with van der Waals surface area (Å²) in [7, 11) is 0. The summed E-state index contributed by atoms with van der Waals surface area (Å²) in [4.78, 5) is 15.9. The van der Waals surface area contributed by atoms with Crippen molar-refractivity contribution in [3.05, 3.63) is 29.6 Å². The van der Waals surface area contributed by atoms with E-state index in [4.69, 9.17) is 4.74 Å². The summed E-state index contributed by atoms with van der Waals surface area (Å²) >= 11 is 0.